The monoisotopic (exact) mass is 331 g/mol. The lowest BCUT2D eigenvalue weighted by Gasteiger charge is -2.07. The number of hydrogen-bond acceptors (Lipinski definition) is 5. The summed E-state index contributed by atoms with van der Waals surface area (Å²) in [6, 6.07) is 12.9. The average molecular weight is 331 g/mol. The minimum Gasteiger partial charge on any atom is -0.450 e. The van der Waals surface area contributed by atoms with Gasteiger partial charge in [0.15, 0.2) is 0 Å². The summed E-state index contributed by atoms with van der Waals surface area (Å²) in [6.07, 6.45) is -0.785. The topological polar surface area (TPSA) is 80.3 Å². The van der Waals surface area contributed by atoms with Gasteiger partial charge in [0.25, 0.3) is 0 Å². The Morgan fingerprint density at radius 1 is 1.17 bits per heavy atom. The molecule has 3 amide bonds. The van der Waals surface area contributed by atoms with Gasteiger partial charge < -0.3 is 4.74 Å². The van der Waals surface area contributed by atoms with E-state index in [0.29, 0.717) is 5.03 Å². The Morgan fingerprint density at radius 2 is 1.91 bits per heavy atom. The normalized spacial score (nSPS) is 10.0. The molecule has 0 fully saturated rings. The molecule has 2 rings (SSSR count). The number of carbonyl (C=O) groups excluding carboxylic acids is 2. The molecule has 0 spiro atoms. The van der Waals surface area contributed by atoms with Crippen LogP contribution < -0.4 is 10.0 Å². The molecule has 2 N–H and O–H groups in total. The maximum absolute atomic E-state index is 11.5. The Morgan fingerprint density at radius 3 is 2.61 bits per heavy atom. The molecule has 0 aliphatic carbocycles. The second kappa shape index (κ2) is 8.19. The Balaban J connectivity index is 1.96. The minimum absolute atomic E-state index is 0.201. The Bertz CT molecular complexity index is 689. The molecule has 0 saturated carbocycles. The van der Waals surface area contributed by atoms with Crippen LogP contribution in [-0.2, 0) is 4.74 Å². The van der Waals surface area contributed by atoms with Gasteiger partial charge in [-0.2, -0.15) is 0 Å². The van der Waals surface area contributed by atoms with Gasteiger partial charge in [0.2, 0.25) is 0 Å². The molecule has 120 valence electrons. The van der Waals surface area contributed by atoms with Crippen LogP contribution in [0.25, 0.3) is 11.3 Å². The van der Waals surface area contributed by atoms with E-state index in [0.717, 1.165) is 23.2 Å². The van der Waals surface area contributed by atoms with Crippen LogP contribution in [0.1, 0.15) is 12.5 Å². The van der Waals surface area contributed by atoms with Crippen molar-refractivity contribution >= 4 is 24.1 Å². The predicted octanol–water partition coefficient (Wildman–Crippen LogP) is 3.52. The maximum Gasteiger partial charge on any atom is 0.415 e. The van der Waals surface area contributed by atoms with Crippen LogP contribution in [-0.4, -0.2) is 23.7 Å². The third kappa shape index (κ3) is 5.30. The SMILES string of the molecule is CCOC(=O)NC(=O)NSc1cccc(-c2ccc(C)cc2)n1. The summed E-state index contributed by atoms with van der Waals surface area (Å²) in [7, 11) is 0. The van der Waals surface area contributed by atoms with E-state index in [2.05, 4.69) is 14.4 Å². The molecule has 0 radical (unpaired) electrons. The fourth-order valence-electron chi connectivity index (χ4n) is 1.74. The molecule has 0 saturated heterocycles. The lowest BCUT2D eigenvalue weighted by Crippen LogP contribution is -2.36. The van der Waals surface area contributed by atoms with E-state index < -0.39 is 12.1 Å². The van der Waals surface area contributed by atoms with Gasteiger partial charge in [-0.1, -0.05) is 35.9 Å². The van der Waals surface area contributed by atoms with E-state index in [-0.39, 0.29) is 6.61 Å². The van der Waals surface area contributed by atoms with Gasteiger partial charge in [-0.3, -0.25) is 4.72 Å². The lowest BCUT2D eigenvalue weighted by molar-refractivity contribution is 0.153. The lowest BCUT2D eigenvalue weighted by atomic mass is 10.1. The summed E-state index contributed by atoms with van der Waals surface area (Å²) in [5, 5.41) is 2.66. The number of pyridine rings is 1. The number of hydrogen-bond donors (Lipinski definition) is 2. The third-order valence-corrected chi connectivity index (χ3v) is 3.53. The molecule has 0 aliphatic rings. The summed E-state index contributed by atoms with van der Waals surface area (Å²) in [4.78, 5) is 27.1. The molecule has 7 heteroatoms. The van der Waals surface area contributed by atoms with E-state index in [1.165, 1.54) is 5.56 Å². The molecule has 0 unspecified atom stereocenters. The molecular formula is C16H17N3O3S. The van der Waals surface area contributed by atoms with E-state index in [4.69, 9.17) is 0 Å². The summed E-state index contributed by atoms with van der Waals surface area (Å²) in [5.41, 5.74) is 2.98. The van der Waals surface area contributed by atoms with Crippen LogP contribution >= 0.6 is 11.9 Å². The summed E-state index contributed by atoms with van der Waals surface area (Å²) in [5.74, 6) is 0. The number of imide groups is 1. The first-order valence-electron chi connectivity index (χ1n) is 7.03. The number of nitrogens with one attached hydrogen (secondary N) is 2. The highest BCUT2D eigenvalue weighted by atomic mass is 32.2. The molecule has 1 aromatic heterocycles. The fourth-order valence-corrected chi connectivity index (χ4v) is 2.28. The van der Waals surface area contributed by atoms with Crippen LogP contribution in [0.5, 0.6) is 0 Å². The Labute approximate surface area is 138 Å². The standard InChI is InChI=1S/C16H17N3O3S/c1-3-22-16(21)18-15(20)19-23-14-6-4-5-13(17-14)12-9-7-11(2)8-10-12/h4-10H,3H2,1-2H3,(H2,18,19,20,21). The number of aromatic nitrogens is 1. The molecule has 0 atom stereocenters. The number of urea groups is 1. The summed E-state index contributed by atoms with van der Waals surface area (Å²) < 4.78 is 7.09. The van der Waals surface area contributed by atoms with Gasteiger partial charge in [-0.25, -0.2) is 19.9 Å². The first-order valence-corrected chi connectivity index (χ1v) is 7.85. The van der Waals surface area contributed by atoms with Crippen LogP contribution in [0.15, 0.2) is 47.5 Å². The second-order valence-electron chi connectivity index (χ2n) is 4.61. The Hall–Kier alpha value is -2.54. The smallest absolute Gasteiger partial charge is 0.415 e. The van der Waals surface area contributed by atoms with Crippen molar-refractivity contribution in [1.82, 2.24) is 15.0 Å². The second-order valence-corrected chi connectivity index (χ2v) is 5.43. The molecule has 0 bridgehead atoms. The van der Waals surface area contributed by atoms with Gasteiger partial charge in [-0.15, -0.1) is 0 Å². The van der Waals surface area contributed by atoms with E-state index in [1.54, 1.807) is 13.0 Å². The van der Waals surface area contributed by atoms with Crippen molar-refractivity contribution in [3.8, 4) is 11.3 Å². The third-order valence-electron chi connectivity index (χ3n) is 2.81. The van der Waals surface area contributed by atoms with Crippen molar-refractivity contribution < 1.29 is 14.3 Å². The number of ether oxygens (including phenoxy) is 1. The number of aryl methyl sites for hydroxylation is 1. The maximum atomic E-state index is 11.5. The van der Waals surface area contributed by atoms with Crippen LogP contribution in [0.4, 0.5) is 9.59 Å². The molecule has 1 aromatic carbocycles. The average Bonchev–Trinajstić information content (AvgIpc) is 2.54. The molecule has 23 heavy (non-hydrogen) atoms. The van der Waals surface area contributed by atoms with Crippen LogP contribution in [0.3, 0.4) is 0 Å². The van der Waals surface area contributed by atoms with Crippen molar-refractivity contribution in [3.05, 3.63) is 48.0 Å². The van der Waals surface area contributed by atoms with E-state index in [9.17, 15) is 9.59 Å². The van der Waals surface area contributed by atoms with Crippen molar-refractivity contribution in [2.75, 3.05) is 6.61 Å². The molecule has 2 aromatic rings. The zero-order valence-electron chi connectivity index (χ0n) is 12.8. The number of nitrogens with zero attached hydrogens (tertiary/aromatic N) is 1. The van der Waals surface area contributed by atoms with Crippen molar-refractivity contribution in [2.24, 2.45) is 0 Å². The highest BCUT2D eigenvalue weighted by molar-refractivity contribution is 7.97. The van der Waals surface area contributed by atoms with Crippen LogP contribution in [0, 0.1) is 6.92 Å². The summed E-state index contributed by atoms with van der Waals surface area (Å²) in [6.45, 7) is 3.88. The zero-order chi connectivity index (χ0) is 16.7. The molecular weight excluding hydrogens is 314 g/mol. The number of carbonyl (C=O) groups is 2. The predicted molar refractivity (Wildman–Crippen MR) is 89.0 cm³/mol. The van der Waals surface area contributed by atoms with Gasteiger partial charge >= 0.3 is 12.1 Å². The van der Waals surface area contributed by atoms with Gasteiger partial charge in [0.1, 0.15) is 5.03 Å². The summed E-state index contributed by atoms with van der Waals surface area (Å²) >= 11 is 1.02. The zero-order valence-corrected chi connectivity index (χ0v) is 13.6. The molecule has 1 heterocycles. The Kier molecular flexibility index (Phi) is 5.99. The largest absolute Gasteiger partial charge is 0.450 e. The van der Waals surface area contributed by atoms with Crippen molar-refractivity contribution in [2.45, 2.75) is 18.9 Å². The van der Waals surface area contributed by atoms with Crippen molar-refractivity contribution in [1.29, 1.82) is 0 Å². The van der Waals surface area contributed by atoms with Crippen molar-refractivity contribution in [3.63, 3.8) is 0 Å². The number of rotatable bonds is 4. The highest BCUT2D eigenvalue weighted by Crippen LogP contribution is 2.20. The fraction of sp³-hybridized carbons (Fsp3) is 0.188. The first-order chi connectivity index (χ1) is 11.1. The van der Waals surface area contributed by atoms with Gasteiger partial charge in [0.05, 0.1) is 12.3 Å². The minimum atomic E-state index is -0.785. The number of benzene rings is 1. The highest BCUT2D eigenvalue weighted by Gasteiger charge is 2.09. The van der Waals surface area contributed by atoms with Gasteiger partial charge in [0, 0.05) is 17.5 Å². The number of alkyl carbamates (subject to hydrolysis) is 1. The molecule has 0 aliphatic heterocycles. The van der Waals surface area contributed by atoms with E-state index in [1.807, 2.05) is 48.6 Å². The quantitative estimate of drug-likeness (QED) is 0.838. The van der Waals surface area contributed by atoms with E-state index >= 15 is 0 Å². The molecule has 6 nitrogen and oxygen atoms in total. The van der Waals surface area contributed by atoms with Crippen LogP contribution in [0.2, 0.25) is 0 Å². The first kappa shape index (κ1) is 16.8. The number of amides is 3. The van der Waals surface area contributed by atoms with Gasteiger partial charge in [-0.05, 0) is 26.0 Å².